The van der Waals surface area contributed by atoms with Crippen LogP contribution in [0.2, 0.25) is 0 Å². The van der Waals surface area contributed by atoms with Crippen molar-refractivity contribution in [3.8, 4) is 0 Å². The van der Waals surface area contributed by atoms with Gasteiger partial charge in [0.25, 0.3) is 0 Å². The highest BCUT2D eigenvalue weighted by Crippen LogP contribution is 2.33. The van der Waals surface area contributed by atoms with Crippen LogP contribution in [0.15, 0.2) is 60.7 Å². The Morgan fingerprint density at radius 3 is 2.20 bits per heavy atom. The third-order valence-electron chi connectivity index (χ3n) is 5.72. The second-order valence-electron chi connectivity index (χ2n) is 7.77. The van der Waals surface area contributed by atoms with Gasteiger partial charge in [0, 0.05) is 17.4 Å². The molecule has 2 amide bonds. The summed E-state index contributed by atoms with van der Waals surface area (Å²) in [6.07, 6.45) is 2.88. The predicted octanol–water partition coefficient (Wildman–Crippen LogP) is 4.79. The summed E-state index contributed by atoms with van der Waals surface area (Å²) in [6, 6.07) is 21.8. The maximum Gasteiger partial charge on any atom is 0.315 e. The highest BCUT2D eigenvalue weighted by atomic mass is 32.2. The Balaban J connectivity index is 0.000000146. The van der Waals surface area contributed by atoms with E-state index >= 15 is 0 Å². The lowest BCUT2D eigenvalue weighted by Crippen LogP contribution is -2.36. The van der Waals surface area contributed by atoms with Gasteiger partial charge in [-0.25, -0.2) is 4.79 Å². The minimum Gasteiger partial charge on any atom is -0.481 e. The molecular weight excluding hydrogens is 396 g/mol. The smallest absolute Gasteiger partial charge is 0.315 e. The van der Waals surface area contributed by atoms with Gasteiger partial charge in [-0.15, -0.1) is 0 Å². The molecule has 5 rings (SSSR count). The zero-order valence-corrected chi connectivity index (χ0v) is 17.5. The van der Waals surface area contributed by atoms with Crippen LogP contribution < -0.4 is 10.6 Å². The molecule has 3 atom stereocenters. The second kappa shape index (κ2) is 9.39. The minimum absolute atomic E-state index is 0.0640. The van der Waals surface area contributed by atoms with E-state index in [0.29, 0.717) is 5.25 Å². The van der Waals surface area contributed by atoms with Gasteiger partial charge in [-0.2, -0.15) is 11.8 Å². The number of benzene rings is 3. The van der Waals surface area contributed by atoms with Crippen LogP contribution in [0.25, 0.3) is 21.5 Å². The number of unbranched alkanes of at least 4 members (excludes halogenated alkanes) is 1. The first-order valence-corrected chi connectivity index (χ1v) is 11.4. The number of carboxylic acids is 1. The molecule has 2 aliphatic heterocycles. The van der Waals surface area contributed by atoms with Crippen LogP contribution in [0.4, 0.5) is 4.79 Å². The van der Waals surface area contributed by atoms with Crippen LogP contribution in [0, 0.1) is 0 Å². The predicted molar refractivity (Wildman–Crippen MR) is 123 cm³/mol. The molecule has 2 aliphatic rings. The second-order valence-corrected chi connectivity index (χ2v) is 9.04. The van der Waals surface area contributed by atoms with Crippen molar-refractivity contribution in [2.24, 2.45) is 0 Å². The van der Waals surface area contributed by atoms with Gasteiger partial charge in [0.2, 0.25) is 0 Å². The molecule has 0 spiro atoms. The number of rotatable bonds is 5. The van der Waals surface area contributed by atoms with Crippen molar-refractivity contribution in [2.75, 3.05) is 5.75 Å². The molecule has 3 aromatic carbocycles. The van der Waals surface area contributed by atoms with Crippen LogP contribution in [0.3, 0.4) is 0 Å². The molecule has 156 valence electrons. The van der Waals surface area contributed by atoms with Crippen LogP contribution in [-0.2, 0) is 4.79 Å². The van der Waals surface area contributed by atoms with Crippen molar-refractivity contribution >= 4 is 45.3 Å². The lowest BCUT2D eigenvalue weighted by atomic mass is 10.0. The molecule has 0 radical (unpaired) electrons. The molecule has 0 bridgehead atoms. The van der Waals surface area contributed by atoms with Crippen LogP contribution in [0.5, 0.6) is 0 Å². The van der Waals surface area contributed by atoms with E-state index in [0.717, 1.165) is 25.0 Å². The molecule has 2 heterocycles. The molecule has 3 N–H and O–H groups in total. The molecule has 6 heteroatoms. The van der Waals surface area contributed by atoms with Crippen LogP contribution in [-0.4, -0.2) is 40.2 Å². The third kappa shape index (κ3) is 4.70. The van der Waals surface area contributed by atoms with E-state index in [1.807, 2.05) is 11.8 Å². The summed E-state index contributed by atoms with van der Waals surface area (Å²) in [6.45, 7) is 0. The number of hydrogen-bond donors (Lipinski definition) is 3. The Labute approximate surface area is 180 Å². The van der Waals surface area contributed by atoms with Gasteiger partial charge < -0.3 is 15.7 Å². The molecule has 2 fully saturated rings. The van der Waals surface area contributed by atoms with Gasteiger partial charge >= 0.3 is 12.0 Å². The fourth-order valence-electron chi connectivity index (χ4n) is 4.22. The number of nitrogens with one attached hydrogen (secondary N) is 2. The Morgan fingerprint density at radius 1 is 0.933 bits per heavy atom. The molecule has 5 nitrogen and oxygen atoms in total. The number of hydrogen-bond acceptors (Lipinski definition) is 3. The van der Waals surface area contributed by atoms with Gasteiger partial charge in [0.1, 0.15) is 0 Å². The maximum atomic E-state index is 11.1. The monoisotopic (exact) mass is 422 g/mol. The Hall–Kier alpha value is -2.73. The largest absolute Gasteiger partial charge is 0.481 e. The standard InChI is InChI=1S/C14H10.C10H16N2O3S/c1-3-7-13-11(5-1)9-10-12-6-2-4-8-14(12)13;13-8(14)4-2-1-3-7-9-6(5-16-7)11-10(15)12-9/h1-10H;6-7,9H,1-5H2,(H,13,14)(H2,11,12,15)/t;6-,7-,9-/m.0/s1. The van der Waals surface area contributed by atoms with Crippen molar-refractivity contribution in [1.82, 2.24) is 10.6 Å². The van der Waals surface area contributed by atoms with Gasteiger partial charge in [-0.3, -0.25) is 4.79 Å². The van der Waals surface area contributed by atoms with E-state index in [9.17, 15) is 9.59 Å². The van der Waals surface area contributed by atoms with E-state index < -0.39 is 5.97 Å². The van der Waals surface area contributed by atoms with Crippen molar-refractivity contribution < 1.29 is 14.7 Å². The summed E-state index contributed by atoms with van der Waals surface area (Å²) >= 11 is 1.87. The molecule has 0 unspecified atom stereocenters. The number of carbonyl (C=O) groups excluding carboxylic acids is 1. The number of aliphatic carboxylic acids is 1. The van der Waals surface area contributed by atoms with E-state index in [2.05, 4.69) is 71.3 Å². The van der Waals surface area contributed by atoms with Gasteiger partial charge in [-0.1, -0.05) is 67.1 Å². The molecular formula is C24H26N2O3S. The number of carboxylic acid groups (broad SMARTS) is 1. The Morgan fingerprint density at radius 2 is 1.57 bits per heavy atom. The topological polar surface area (TPSA) is 78.4 Å². The summed E-state index contributed by atoms with van der Waals surface area (Å²) in [5.41, 5.74) is 0. The van der Waals surface area contributed by atoms with E-state index in [1.165, 1.54) is 21.5 Å². The average molecular weight is 423 g/mol. The minimum atomic E-state index is -0.729. The third-order valence-corrected chi connectivity index (χ3v) is 7.23. The lowest BCUT2D eigenvalue weighted by molar-refractivity contribution is -0.137. The quantitative estimate of drug-likeness (QED) is 0.314. The number of thioether (sulfide) groups is 1. The lowest BCUT2D eigenvalue weighted by Gasteiger charge is -2.16. The molecule has 2 saturated heterocycles. The summed E-state index contributed by atoms with van der Waals surface area (Å²) in [5.74, 6) is 0.236. The SMILES string of the molecule is O=C(O)CCCC[C@@H]1SC[C@@H]2NC(=O)N[C@@H]21.c1ccc2c(c1)ccc1ccccc12. The van der Waals surface area contributed by atoms with Crippen LogP contribution >= 0.6 is 11.8 Å². The molecule has 3 aromatic rings. The Kier molecular flexibility index (Phi) is 6.43. The fourth-order valence-corrected chi connectivity index (χ4v) is 5.76. The summed E-state index contributed by atoms with van der Waals surface area (Å²) in [5, 5.41) is 20.1. The molecule has 0 aromatic heterocycles. The van der Waals surface area contributed by atoms with Crippen LogP contribution in [0.1, 0.15) is 25.7 Å². The number of carbonyl (C=O) groups is 2. The summed E-state index contributed by atoms with van der Waals surface area (Å²) < 4.78 is 0. The number of fused-ring (bicyclic) bond motifs is 4. The zero-order valence-electron chi connectivity index (χ0n) is 16.7. The van der Waals surface area contributed by atoms with Crippen molar-refractivity contribution in [3.63, 3.8) is 0 Å². The first kappa shape index (κ1) is 20.5. The first-order valence-electron chi connectivity index (χ1n) is 10.4. The maximum absolute atomic E-state index is 11.1. The molecule has 0 saturated carbocycles. The van der Waals surface area contributed by atoms with E-state index in [1.54, 1.807) is 0 Å². The van der Waals surface area contributed by atoms with Gasteiger partial charge in [0.05, 0.1) is 12.1 Å². The van der Waals surface area contributed by atoms with E-state index in [-0.39, 0.29) is 24.5 Å². The number of urea groups is 1. The Bertz CT molecular complexity index is 1000. The van der Waals surface area contributed by atoms with Gasteiger partial charge in [-0.05, 0) is 34.4 Å². The molecule has 0 aliphatic carbocycles. The normalized spacial score (nSPS) is 22.1. The zero-order chi connectivity index (χ0) is 20.9. The summed E-state index contributed by atoms with van der Waals surface area (Å²) in [7, 11) is 0. The number of amides is 2. The van der Waals surface area contributed by atoms with Crippen molar-refractivity contribution in [3.05, 3.63) is 60.7 Å². The highest BCUT2D eigenvalue weighted by Gasteiger charge is 2.42. The average Bonchev–Trinajstić information content (AvgIpc) is 3.31. The van der Waals surface area contributed by atoms with Crippen molar-refractivity contribution in [1.29, 1.82) is 0 Å². The van der Waals surface area contributed by atoms with Crippen molar-refractivity contribution in [2.45, 2.75) is 43.0 Å². The van der Waals surface area contributed by atoms with E-state index in [4.69, 9.17) is 5.11 Å². The summed E-state index contributed by atoms with van der Waals surface area (Å²) in [4.78, 5) is 21.5. The van der Waals surface area contributed by atoms with Gasteiger partial charge in [0.15, 0.2) is 0 Å². The molecule has 30 heavy (non-hydrogen) atoms. The fraction of sp³-hybridized carbons (Fsp3) is 0.333. The first-order chi connectivity index (χ1) is 14.6. The highest BCUT2D eigenvalue weighted by molar-refractivity contribution is 8.00.